The van der Waals surface area contributed by atoms with Gasteiger partial charge in [-0.3, -0.25) is 5.32 Å². The Bertz CT molecular complexity index is 645. The van der Waals surface area contributed by atoms with E-state index in [1.54, 1.807) is 0 Å². The van der Waals surface area contributed by atoms with Gasteiger partial charge < -0.3 is 14.8 Å². The van der Waals surface area contributed by atoms with Gasteiger partial charge in [-0.2, -0.15) is 8.78 Å². The van der Waals surface area contributed by atoms with Gasteiger partial charge in [0.05, 0.1) is 11.5 Å². The van der Waals surface area contributed by atoms with Crippen LogP contribution < -0.4 is 15.4 Å². The molecule has 0 radical (unpaired) electrons. The maximum atomic E-state index is 12.9. The first-order chi connectivity index (χ1) is 10.9. The summed E-state index contributed by atoms with van der Waals surface area (Å²) in [5, 5.41) is 5.30. The molecule has 2 fully saturated rings. The number of rotatable bonds is 4. The average Bonchev–Trinajstić information content (AvgIpc) is 2.92. The lowest BCUT2D eigenvalue weighted by Crippen LogP contribution is -2.58. The molecule has 2 aliphatic rings. The largest absolute Gasteiger partial charge is 0.435 e. The molecule has 2 atom stereocenters. The van der Waals surface area contributed by atoms with Crippen LogP contribution in [0.4, 0.5) is 8.78 Å². The van der Waals surface area contributed by atoms with Crippen molar-refractivity contribution in [2.45, 2.75) is 28.9 Å². The quantitative estimate of drug-likeness (QED) is 0.836. The highest BCUT2D eigenvalue weighted by Crippen LogP contribution is 2.34. The lowest BCUT2D eigenvalue weighted by Gasteiger charge is -2.38. The zero-order chi connectivity index (χ0) is 16.5. The molecule has 1 spiro atoms. The first-order valence-corrected chi connectivity index (χ1v) is 8.86. The van der Waals surface area contributed by atoms with E-state index in [2.05, 4.69) is 15.4 Å². The second-order valence-electron chi connectivity index (χ2n) is 5.57. The number of morpholine rings is 1. The molecule has 2 heterocycles. The van der Waals surface area contributed by atoms with E-state index in [4.69, 9.17) is 4.74 Å². The molecular formula is C14H18F2N2O4S. The standard InChI is InChI=1S/C14H18F2N2O4S/c15-13(16)22-10-1-3-11(4-2-10)23(19,20)12-14(5-6-18-12)9-17-7-8-21-14/h1-4,12-13,17-18H,5-9H2. The van der Waals surface area contributed by atoms with Gasteiger partial charge in [0, 0.05) is 13.1 Å². The van der Waals surface area contributed by atoms with Crippen LogP contribution in [0.2, 0.25) is 0 Å². The first kappa shape index (κ1) is 16.6. The maximum absolute atomic E-state index is 12.9. The van der Waals surface area contributed by atoms with Crippen LogP contribution in [0.15, 0.2) is 29.2 Å². The van der Waals surface area contributed by atoms with Gasteiger partial charge in [-0.05, 0) is 37.2 Å². The molecule has 0 amide bonds. The lowest BCUT2D eigenvalue weighted by atomic mass is 10.0. The second kappa shape index (κ2) is 6.31. The van der Waals surface area contributed by atoms with Gasteiger partial charge in [-0.1, -0.05) is 0 Å². The van der Waals surface area contributed by atoms with Crippen molar-refractivity contribution in [2.24, 2.45) is 0 Å². The van der Waals surface area contributed by atoms with E-state index in [0.29, 0.717) is 32.7 Å². The number of benzene rings is 1. The summed E-state index contributed by atoms with van der Waals surface area (Å²) < 4.78 is 60.1. The molecule has 1 aromatic rings. The van der Waals surface area contributed by atoms with Crippen LogP contribution in [-0.4, -0.2) is 52.2 Å². The molecule has 0 aliphatic carbocycles. The molecule has 9 heteroatoms. The Morgan fingerprint density at radius 1 is 1.26 bits per heavy atom. The second-order valence-corrected chi connectivity index (χ2v) is 7.60. The molecule has 0 bridgehead atoms. The van der Waals surface area contributed by atoms with Gasteiger partial charge >= 0.3 is 6.61 Å². The first-order valence-electron chi connectivity index (χ1n) is 7.31. The minimum Gasteiger partial charge on any atom is -0.435 e. The molecule has 128 valence electrons. The predicted molar refractivity (Wildman–Crippen MR) is 78.2 cm³/mol. The number of ether oxygens (including phenoxy) is 2. The van der Waals surface area contributed by atoms with Crippen molar-refractivity contribution in [2.75, 3.05) is 26.2 Å². The molecular weight excluding hydrogens is 330 g/mol. The molecule has 23 heavy (non-hydrogen) atoms. The summed E-state index contributed by atoms with van der Waals surface area (Å²) in [5.41, 5.74) is -0.796. The number of hydrogen-bond donors (Lipinski definition) is 2. The normalized spacial score (nSPS) is 28.4. The molecule has 2 aliphatic heterocycles. The molecule has 2 N–H and O–H groups in total. The van der Waals surface area contributed by atoms with Crippen LogP contribution in [0.5, 0.6) is 5.75 Å². The van der Waals surface area contributed by atoms with Crippen molar-refractivity contribution in [3.63, 3.8) is 0 Å². The van der Waals surface area contributed by atoms with Crippen LogP contribution in [0.25, 0.3) is 0 Å². The minimum absolute atomic E-state index is 0.0482. The zero-order valence-electron chi connectivity index (χ0n) is 12.3. The van der Waals surface area contributed by atoms with Crippen molar-refractivity contribution in [3.05, 3.63) is 24.3 Å². The van der Waals surface area contributed by atoms with Crippen LogP contribution in [-0.2, 0) is 14.6 Å². The van der Waals surface area contributed by atoms with Gasteiger partial charge in [0.2, 0.25) is 0 Å². The molecule has 1 aromatic carbocycles. The maximum Gasteiger partial charge on any atom is 0.387 e. The predicted octanol–water partition coefficient (Wildman–Crippen LogP) is 0.740. The Morgan fingerprint density at radius 2 is 2.00 bits per heavy atom. The van der Waals surface area contributed by atoms with Crippen molar-refractivity contribution >= 4 is 9.84 Å². The average molecular weight is 348 g/mol. The molecule has 2 saturated heterocycles. The number of sulfone groups is 1. The van der Waals surface area contributed by atoms with Gasteiger partial charge in [0.1, 0.15) is 16.7 Å². The third kappa shape index (κ3) is 3.18. The Balaban J connectivity index is 1.85. The molecule has 0 aromatic heterocycles. The van der Waals surface area contributed by atoms with Crippen LogP contribution >= 0.6 is 0 Å². The molecule has 6 nitrogen and oxygen atoms in total. The highest BCUT2D eigenvalue weighted by molar-refractivity contribution is 7.92. The lowest BCUT2D eigenvalue weighted by molar-refractivity contribution is -0.0586. The van der Waals surface area contributed by atoms with Crippen LogP contribution in [0, 0.1) is 0 Å². The highest BCUT2D eigenvalue weighted by atomic mass is 32.2. The summed E-state index contributed by atoms with van der Waals surface area (Å²) in [6.07, 6.45) is 0.594. The SMILES string of the molecule is O=S(=O)(c1ccc(OC(F)F)cc1)C1NCCC12CNCCO2. The van der Waals surface area contributed by atoms with E-state index in [1.165, 1.54) is 24.3 Å². The Kier molecular flexibility index (Phi) is 4.54. The Morgan fingerprint density at radius 3 is 2.61 bits per heavy atom. The number of nitrogens with one attached hydrogen (secondary N) is 2. The Labute approximate surface area is 133 Å². The fraction of sp³-hybridized carbons (Fsp3) is 0.571. The smallest absolute Gasteiger partial charge is 0.387 e. The molecule has 2 unspecified atom stereocenters. The zero-order valence-corrected chi connectivity index (χ0v) is 13.1. The van der Waals surface area contributed by atoms with Gasteiger partial charge in [-0.15, -0.1) is 0 Å². The van der Waals surface area contributed by atoms with Crippen molar-refractivity contribution in [1.29, 1.82) is 0 Å². The summed E-state index contributed by atoms with van der Waals surface area (Å²) >= 11 is 0. The van der Waals surface area contributed by atoms with Crippen molar-refractivity contribution in [1.82, 2.24) is 10.6 Å². The molecule has 0 saturated carbocycles. The number of halogens is 2. The highest BCUT2D eigenvalue weighted by Gasteiger charge is 2.52. The minimum atomic E-state index is -3.71. The number of alkyl halides is 2. The fourth-order valence-electron chi connectivity index (χ4n) is 3.08. The summed E-state index contributed by atoms with van der Waals surface area (Å²) in [6, 6.07) is 5.00. The summed E-state index contributed by atoms with van der Waals surface area (Å²) in [4.78, 5) is 0.0482. The topological polar surface area (TPSA) is 76.7 Å². The number of hydrogen-bond acceptors (Lipinski definition) is 6. The van der Waals surface area contributed by atoms with E-state index in [1.807, 2.05) is 0 Å². The summed E-state index contributed by atoms with van der Waals surface area (Å²) in [5.74, 6) is -0.0800. The molecule has 3 rings (SSSR count). The third-order valence-electron chi connectivity index (χ3n) is 4.14. The van der Waals surface area contributed by atoms with Crippen molar-refractivity contribution in [3.8, 4) is 5.75 Å². The van der Waals surface area contributed by atoms with E-state index in [-0.39, 0.29) is 10.6 Å². The van der Waals surface area contributed by atoms with Gasteiger partial charge in [0.15, 0.2) is 9.84 Å². The summed E-state index contributed by atoms with van der Waals surface area (Å²) in [6.45, 7) is -0.809. The third-order valence-corrected chi connectivity index (χ3v) is 6.28. The van der Waals surface area contributed by atoms with E-state index >= 15 is 0 Å². The van der Waals surface area contributed by atoms with Gasteiger partial charge in [0.25, 0.3) is 0 Å². The van der Waals surface area contributed by atoms with Crippen LogP contribution in [0.1, 0.15) is 6.42 Å². The van der Waals surface area contributed by atoms with E-state index in [0.717, 1.165) is 0 Å². The van der Waals surface area contributed by atoms with Crippen molar-refractivity contribution < 1.29 is 26.7 Å². The Hall–Kier alpha value is -1.29. The van der Waals surface area contributed by atoms with E-state index < -0.39 is 27.4 Å². The van der Waals surface area contributed by atoms with Gasteiger partial charge in [-0.25, -0.2) is 8.42 Å². The van der Waals surface area contributed by atoms with E-state index in [9.17, 15) is 17.2 Å². The monoisotopic (exact) mass is 348 g/mol. The fourth-order valence-corrected chi connectivity index (χ4v) is 5.04. The van der Waals surface area contributed by atoms with Crippen LogP contribution in [0.3, 0.4) is 0 Å². The summed E-state index contributed by atoms with van der Waals surface area (Å²) in [7, 11) is -3.71.